The third-order valence-electron chi connectivity index (χ3n) is 2.64. The molecule has 4 nitrogen and oxygen atoms in total. The first-order valence-corrected chi connectivity index (χ1v) is 5.98. The Morgan fingerprint density at radius 1 is 1.50 bits per heavy atom. The average molecular weight is 254 g/mol. The van der Waals surface area contributed by atoms with Crippen LogP contribution in [0, 0.1) is 11.7 Å². The van der Waals surface area contributed by atoms with Gasteiger partial charge in [0.1, 0.15) is 5.82 Å². The second-order valence-corrected chi connectivity index (χ2v) is 4.69. The Morgan fingerprint density at radius 3 is 2.72 bits per heavy atom. The Hall–Kier alpha value is -1.78. The first kappa shape index (κ1) is 14.3. The lowest BCUT2D eigenvalue weighted by Gasteiger charge is -2.11. The number of hydrogen-bond acceptors (Lipinski definition) is 3. The summed E-state index contributed by atoms with van der Waals surface area (Å²) in [6, 6.07) is 2.27. The van der Waals surface area contributed by atoms with Gasteiger partial charge in [0.15, 0.2) is 0 Å². The fourth-order valence-corrected chi connectivity index (χ4v) is 1.64. The molecule has 1 rings (SSSR count). The van der Waals surface area contributed by atoms with Gasteiger partial charge in [0.2, 0.25) is 0 Å². The number of carboxylic acid groups (broad SMARTS) is 1. The average Bonchev–Trinajstić information content (AvgIpc) is 2.25. The molecular weight excluding hydrogens is 235 g/mol. The van der Waals surface area contributed by atoms with Crippen molar-refractivity contribution in [2.45, 2.75) is 26.7 Å². The molecule has 0 aliphatic carbocycles. The van der Waals surface area contributed by atoms with Gasteiger partial charge in [-0.1, -0.05) is 13.8 Å². The molecular formula is C13H19FN2O2. The summed E-state index contributed by atoms with van der Waals surface area (Å²) in [5.74, 6) is -1.09. The van der Waals surface area contributed by atoms with E-state index >= 15 is 0 Å². The van der Waals surface area contributed by atoms with Crippen molar-refractivity contribution in [1.82, 2.24) is 0 Å². The van der Waals surface area contributed by atoms with Crippen molar-refractivity contribution in [3.63, 3.8) is 0 Å². The van der Waals surface area contributed by atoms with Crippen molar-refractivity contribution in [2.75, 3.05) is 17.6 Å². The summed E-state index contributed by atoms with van der Waals surface area (Å²) in [5.41, 5.74) is 5.48. The summed E-state index contributed by atoms with van der Waals surface area (Å²) in [6.07, 6.45) is 1.94. The number of rotatable bonds is 6. The molecule has 0 unspecified atom stereocenters. The van der Waals surface area contributed by atoms with E-state index in [2.05, 4.69) is 19.2 Å². The standard InChI is InChI=1S/C13H19FN2O2/c1-8(2)4-3-5-16-12-6-9(13(17)18)11(15)7-10(12)14/h6-8,16H,3-5,15H2,1-2H3,(H,17,18). The van der Waals surface area contributed by atoms with E-state index in [-0.39, 0.29) is 16.9 Å². The largest absolute Gasteiger partial charge is 0.478 e. The minimum Gasteiger partial charge on any atom is -0.478 e. The van der Waals surface area contributed by atoms with Crippen molar-refractivity contribution in [3.8, 4) is 0 Å². The van der Waals surface area contributed by atoms with Gasteiger partial charge in [-0.05, 0) is 30.9 Å². The minimum atomic E-state index is -1.15. The Bertz CT molecular complexity index is 433. The van der Waals surface area contributed by atoms with Gasteiger partial charge in [0, 0.05) is 12.2 Å². The van der Waals surface area contributed by atoms with Crippen LogP contribution >= 0.6 is 0 Å². The van der Waals surface area contributed by atoms with Crippen molar-refractivity contribution in [3.05, 3.63) is 23.5 Å². The fraction of sp³-hybridized carbons (Fsp3) is 0.462. The number of halogens is 1. The molecule has 100 valence electrons. The SMILES string of the molecule is CC(C)CCCNc1cc(C(=O)O)c(N)cc1F. The molecule has 0 aliphatic rings. The van der Waals surface area contributed by atoms with Crippen molar-refractivity contribution in [1.29, 1.82) is 0 Å². The monoisotopic (exact) mass is 254 g/mol. The van der Waals surface area contributed by atoms with Crippen LogP contribution in [0.15, 0.2) is 12.1 Å². The van der Waals surface area contributed by atoms with Gasteiger partial charge in [-0.25, -0.2) is 9.18 Å². The summed E-state index contributed by atoms with van der Waals surface area (Å²) >= 11 is 0. The second-order valence-electron chi connectivity index (χ2n) is 4.69. The molecule has 18 heavy (non-hydrogen) atoms. The van der Waals surface area contributed by atoms with Crippen LogP contribution in [0.2, 0.25) is 0 Å². The first-order valence-electron chi connectivity index (χ1n) is 5.98. The third-order valence-corrected chi connectivity index (χ3v) is 2.64. The Kier molecular flexibility index (Phi) is 4.95. The van der Waals surface area contributed by atoms with Crippen LogP contribution in [0.3, 0.4) is 0 Å². The Labute approximate surface area is 106 Å². The van der Waals surface area contributed by atoms with Crippen LogP contribution in [0.5, 0.6) is 0 Å². The highest BCUT2D eigenvalue weighted by molar-refractivity contribution is 5.94. The smallest absolute Gasteiger partial charge is 0.337 e. The highest BCUT2D eigenvalue weighted by Gasteiger charge is 2.12. The molecule has 1 aromatic rings. The first-order chi connectivity index (χ1) is 8.41. The van der Waals surface area contributed by atoms with E-state index in [0.29, 0.717) is 12.5 Å². The number of benzene rings is 1. The predicted octanol–water partition coefficient (Wildman–Crippen LogP) is 2.95. The summed E-state index contributed by atoms with van der Waals surface area (Å²) in [5, 5.41) is 11.8. The van der Waals surface area contributed by atoms with Crippen molar-refractivity contribution >= 4 is 17.3 Å². The van der Waals surface area contributed by atoms with Gasteiger partial charge < -0.3 is 16.2 Å². The number of carboxylic acids is 1. The maximum atomic E-state index is 13.5. The molecule has 0 amide bonds. The van der Waals surface area contributed by atoms with Gasteiger partial charge >= 0.3 is 5.97 Å². The zero-order valence-electron chi connectivity index (χ0n) is 10.7. The zero-order chi connectivity index (χ0) is 13.7. The van der Waals surface area contributed by atoms with E-state index in [4.69, 9.17) is 10.8 Å². The zero-order valence-corrected chi connectivity index (χ0v) is 10.7. The third kappa shape index (κ3) is 3.91. The lowest BCUT2D eigenvalue weighted by Crippen LogP contribution is -2.09. The highest BCUT2D eigenvalue weighted by atomic mass is 19.1. The minimum absolute atomic E-state index is 0.0623. The van der Waals surface area contributed by atoms with Gasteiger partial charge in [0.25, 0.3) is 0 Å². The summed E-state index contributed by atoms with van der Waals surface area (Å²) < 4.78 is 13.5. The maximum absolute atomic E-state index is 13.5. The van der Waals surface area contributed by atoms with E-state index in [1.807, 2.05) is 0 Å². The summed E-state index contributed by atoms with van der Waals surface area (Å²) in [4.78, 5) is 10.9. The number of hydrogen-bond donors (Lipinski definition) is 3. The van der Waals surface area contributed by atoms with Gasteiger partial charge in [-0.3, -0.25) is 0 Å². The molecule has 0 bridgehead atoms. The predicted molar refractivity (Wildman–Crippen MR) is 70.3 cm³/mol. The number of carbonyl (C=O) groups is 1. The lowest BCUT2D eigenvalue weighted by molar-refractivity contribution is 0.0698. The Balaban J connectivity index is 2.70. The van der Waals surface area contributed by atoms with Crippen LogP contribution in [-0.2, 0) is 0 Å². The van der Waals surface area contributed by atoms with Crippen LogP contribution < -0.4 is 11.1 Å². The van der Waals surface area contributed by atoms with Gasteiger partial charge in [-0.15, -0.1) is 0 Å². The van der Waals surface area contributed by atoms with Crippen molar-refractivity contribution < 1.29 is 14.3 Å². The van der Waals surface area contributed by atoms with Crippen LogP contribution in [-0.4, -0.2) is 17.6 Å². The number of anilines is 2. The normalized spacial score (nSPS) is 10.7. The van der Waals surface area contributed by atoms with Crippen LogP contribution in [0.1, 0.15) is 37.0 Å². The molecule has 0 saturated heterocycles. The number of aromatic carboxylic acids is 1. The quantitative estimate of drug-likeness (QED) is 0.539. The molecule has 0 fully saturated rings. The lowest BCUT2D eigenvalue weighted by atomic mass is 10.1. The molecule has 5 heteroatoms. The second kappa shape index (κ2) is 6.23. The van der Waals surface area contributed by atoms with E-state index in [1.54, 1.807) is 0 Å². The molecule has 0 aliphatic heterocycles. The molecule has 0 radical (unpaired) electrons. The highest BCUT2D eigenvalue weighted by Crippen LogP contribution is 2.22. The number of nitrogens with two attached hydrogens (primary N) is 1. The maximum Gasteiger partial charge on any atom is 0.337 e. The van der Waals surface area contributed by atoms with Crippen LogP contribution in [0.25, 0.3) is 0 Å². The van der Waals surface area contributed by atoms with E-state index in [9.17, 15) is 9.18 Å². The van der Waals surface area contributed by atoms with E-state index in [0.717, 1.165) is 18.9 Å². The van der Waals surface area contributed by atoms with Crippen LogP contribution in [0.4, 0.5) is 15.8 Å². The van der Waals surface area contributed by atoms with E-state index in [1.165, 1.54) is 6.07 Å². The molecule has 1 aromatic carbocycles. The van der Waals surface area contributed by atoms with Gasteiger partial charge in [0.05, 0.1) is 11.3 Å². The molecule has 0 aromatic heterocycles. The molecule has 4 N–H and O–H groups in total. The fourth-order valence-electron chi connectivity index (χ4n) is 1.64. The number of nitrogen functional groups attached to an aromatic ring is 1. The molecule has 0 saturated carbocycles. The number of nitrogens with one attached hydrogen (secondary N) is 1. The van der Waals surface area contributed by atoms with Crippen molar-refractivity contribution in [2.24, 2.45) is 5.92 Å². The molecule has 0 spiro atoms. The Morgan fingerprint density at radius 2 is 2.17 bits per heavy atom. The van der Waals surface area contributed by atoms with E-state index < -0.39 is 11.8 Å². The molecule has 0 heterocycles. The molecule has 0 atom stereocenters. The summed E-state index contributed by atoms with van der Waals surface area (Å²) in [6.45, 7) is 4.84. The van der Waals surface area contributed by atoms with Gasteiger partial charge in [-0.2, -0.15) is 0 Å². The topological polar surface area (TPSA) is 75.3 Å². The summed E-state index contributed by atoms with van der Waals surface area (Å²) in [7, 11) is 0.